The van der Waals surface area contributed by atoms with Gasteiger partial charge in [0.2, 0.25) is 0 Å². The molecule has 0 saturated heterocycles. The Morgan fingerprint density at radius 3 is 2.58 bits per heavy atom. The van der Waals surface area contributed by atoms with E-state index >= 15 is 0 Å². The molecule has 162 valence electrons. The lowest BCUT2D eigenvalue weighted by atomic mass is 10.0. The Kier molecular flexibility index (Phi) is 6.74. The van der Waals surface area contributed by atoms with Gasteiger partial charge in [0.1, 0.15) is 22.6 Å². The minimum Gasteiger partial charge on any atom is -0.482 e. The van der Waals surface area contributed by atoms with Crippen LogP contribution < -0.4 is 20.4 Å². The summed E-state index contributed by atoms with van der Waals surface area (Å²) >= 11 is 0. The van der Waals surface area contributed by atoms with Crippen molar-refractivity contribution in [2.24, 2.45) is 0 Å². The fraction of sp³-hybridized carbons (Fsp3) is 0.292. The van der Waals surface area contributed by atoms with Gasteiger partial charge in [-0.2, -0.15) is 0 Å². The number of hydrogen-bond donors (Lipinski definition) is 1. The van der Waals surface area contributed by atoms with Crippen LogP contribution in [0.3, 0.4) is 0 Å². The van der Waals surface area contributed by atoms with Crippen molar-refractivity contribution < 1.29 is 23.5 Å². The zero-order valence-corrected chi connectivity index (χ0v) is 18.0. The average molecular weight is 423 g/mol. The van der Waals surface area contributed by atoms with E-state index in [0.717, 1.165) is 11.1 Å². The maximum absolute atomic E-state index is 12.3. The highest BCUT2D eigenvalue weighted by Crippen LogP contribution is 2.27. The molecule has 0 aliphatic rings. The predicted molar refractivity (Wildman–Crippen MR) is 117 cm³/mol. The summed E-state index contributed by atoms with van der Waals surface area (Å²) in [5, 5.41) is 3.10. The van der Waals surface area contributed by atoms with Gasteiger partial charge in [-0.25, -0.2) is 9.59 Å². The Bertz CT molecular complexity index is 1180. The van der Waals surface area contributed by atoms with Gasteiger partial charge in [-0.15, -0.1) is 0 Å². The van der Waals surface area contributed by atoms with E-state index < -0.39 is 17.5 Å². The molecule has 0 saturated carbocycles. The first-order chi connectivity index (χ1) is 14.8. The van der Waals surface area contributed by atoms with E-state index in [1.807, 2.05) is 25.1 Å². The second kappa shape index (κ2) is 9.47. The SMILES string of the molecule is CCNC(=O)c1cc2ccc(OC(=O)COc3cc(C)ccc3C(C)C)cc2oc1=O. The fourth-order valence-corrected chi connectivity index (χ4v) is 3.11. The van der Waals surface area contributed by atoms with E-state index in [2.05, 4.69) is 19.2 Å². The summed E-state index contributed by atoms with van der Waals surface area (Å²) in [5.41, 5.74) is 1.42. The molecule has 0 radical (unpaired) electrons. The van der Waals surface area contributed by atoms with Crippen molar-refractivity contribution in [2.45, 2.75) is 33.6 Å². The third-order valence-corrected chi connectivity index (χ3v) is 4.66. The molecule has 0 spiro atoms. The maximum Gasteiger partial charge on any atom is 0.349 e. The lowest BCUT2D eigenvalue weighted by molar-refractivity contribution is -0.136. The number of aryl methyl sites for hydroxylation is 1. The van der Waals surface area contributed by atoms with Crippen LogP contribution in [0.25, 0.3) is 11.0 Å². The van der Waals surface area contributed by atoms with E-state index in [9.17, 15) is 14.4 Å². The second-order valence-electron chi connectivity index (χ2n) is 7.47. The zero-order chi connectivity index (χ0) is 22.5. The second-order valence-corrected chi connectivity index (χ2v) is 7.47. The highest BCUT2D eigenvalue weighted by atomic mass is 16.6. The predicted octanol–water partition coefficient (Wildman–Crippen LogP) is 3.96. The minimum absolute atomic E-state index is 0.0772. The monoisotopic (exact) mass is 423 g/mol. The van der Waals surface area contributed by atoms with Crippen LogP contribution in [0, 0.1) is 6.92 Å². The number of ether oxygens (including phenoxy) is 2. The van der Waals surface area contributed by atoms with Crippen molar-refractivity contribution >= 4 is 22.8 Å². The molecule has 0 unspecified atom stereocenters. The van der Waals surface area contributed by atoms with Gasteiger partial charge in [0.05, 0.1) is 0 Å². The van der Waals surface area contributed by atoms with Crippen LogP contribution >= 0.6 is 0 Å². The van der Waals surface area contributed by atoms with Gasteiger partial charge in [0.25, 0.3) is 5.91 Å². The van der Waals surface area contributed by atoms with E-state index in [1.54, 1.807) is 19.1 Å². The van der Waals surface area contributed by atoms with Crippen molar-refractivity contribution in [3.05, 3.63) is 69.6 Å². The van der Waals surface area contributed by atoms with Crippen molar-refractivity contribution in [1.29, 1.82) is 0 Å². The number of amides is 1. The highest BCUT2D eigenvalue weighted by molar-refractivity contribution is 5.96. The Morgan fingerprint density at radius 2 is 1.87 bits per heavy atom. The average Bonchev–Trinajstić information content (AvgIpc) is 2.71. The molecule has 1 N–H and O–H groups in total. The maximum atomic E-state index is 12.3. The molecule has 7 nitrogen and oxygen atoms in total. The highest BCUT2D eigenvalue weighted by Gasteiger charge is 2.15. The number of fused-ring (bicyclic) bond motifs is 1. The summed E-state index contributed by atoms with van der Waals surface area (Å²) in [6, 6.07) is 11.9. The van der Waals surface area contributed by atoms with Gasteiger partial charge in [-0.3, -0.25) is 4.79 Å². The smallest absolute Gasteiger partial charge is 0.349 e. The molecule has 31 heavy (non-hydrogen) atoms. The lowest BCUT2D eigenvalue weighted by Gasteiger charge is -2.14. The molecular formula is C24H25NO6. The van der Waals surface area contributed by atoms with Crippen LogP contribution in [0.2, 0.25) is 0 Å². The van der Waals surface area contributed by atoms with E-state index in [-0.39, 0.29) is 29.4 Å². The van der Waals surface area contributed by atoms with Crippen LogP contribution in [-0.2, 0) is 4.79 Å². The van der Waals surface area contributed by atoms with E-state index in [4.69, 9.17) is 13.9 Å². The van der Waals surface area contributed by atoms with Crippen molar-refractivity contribution in [3.63, 3.8) is 0 Å². The molecule has 0 fully saturated rings. The summed E-state index contributed by atoms with van der Waals surface area (Å²) in [6.07, 6.45) is 0. The third-order valence-electron chi connectivity index (χ3n) is 4.66. The van der Waals surface area contributed by atoms with Gasteiger partial charge in [-0.05, 0) is 55.2 Å². The Morgan fingerprint density at radius 1 is 1.10 bits per heavy atom. The molecule has 7 heteroatoms. The van der Waals surface area contributed by atoms with Gasteiger partial charge in [0.15, 0.2) is 6.61 Å². The number of esters is 1. The normalized spacial score (nSPS) is 10.9. The number of hydrogen-bond acceptors (Lipinski definition) is 6. The number of carbonyl (C=O) groups is 2. The van der Waals surface area contributed by atoms with Crippen LogP contribution in [0.1, 0.15) is 48.2 Å². The molecule has 1 amide bonds. The molecule has 3 rings (SSSR count). The molecule has 0 aliphatic heterocycles. The Balaban J connectivity index is 1.73. The largest absolute Gasteiger partial charge is 0.482 e. The fourth-order valence-electron chi connectivity index (χ4n) is 3.11. The topological polar surface area (TPSA) is 94.8 Å². The minimum atomic E-state index is -0.758. The van der Waals surface area contributed by atoms with Crippen LogP contribution in [0.4, 0.5) is 0 Å². The molecule has 1 aromatic heterocycles. The van der Waals surface area contributed by atoms with E-state index in [0.29, 0.717) is 17.7 Å². The molecular weight excluding hydrogens is 398 g/mol. The summed E-state index contributed by atoms with van der Waals surface area (Å²) in [4.78, 5) is 36.3. The van der Waals surface area contributed by atoms with Gasteiger partial charge in [-0.1, -0.05) is 26.0 Å². The molecule has 2 aromatic carbocycles. The molecule has 0 aliphatic carbocycles. The zero-order valence-electron chi connectivity index (χ0n) is 18.0. The first-order valence-corrected chi connectivity index (χ1v) is 10.1. The number of benzene rings is 2. The van der Waals surface area contributed by atoms with Crippen molar-refractivity contribution in [2.75, 3.05) is 13.2 Å². The third kappa shape index (κ3) is 5.31. The van der Waals surface area contributed by atoms with Crippen LogP contribution in [0.5, 0.6) is 11.5 Å². The van der Waals surface area contributed by atoms with Crippen molar-refractivity contribution in [1.82, 2.24) is 5.32 Å². The molecule has 0 atom stereocenters. The lowest BCUT2D eigenvalue weighted by Crippen LogP contribution is -2.27. The van der Waals surface area contributed by atoms with Crippen LogP contribution in [0.15, 0.2) is 51.7 Å². The van der Waals surface area contributed by atoms with Gasteiger partial charge >= 0.3 is 11.6 Å². The quantitative estimate of drug-likeness (QED) is 0.351. The van der Waals surface area contributed by atoms with Gasteiger partial charge in [0, 0.05) is 18.0 Å². The van der Waals surface area contributed by atoms with Crippen molar-refractivity contribution in [3.8, 4) is 11.5 Å². The molecule has 0 bridgehead atoms. The summed E-state index contributed by atoms with van der Waals surface area (Å²) in [6.45, 7) is 7.95. The standard InChI is InChI=1S/C24H25NO6/c1-5-25-23(27)19-11-16-7-8-17(12-20(16)31-24(19)28)30-22(26)13-29-21-10-15(4)6-9-18(21)14(2)3/h6-12,14H,5,13H2,1-4H3,(H,25,27). The molecule has 1 heterocycles. The number of rotatable bonds is 7. The Hall–Kier alpha value is -3.61. The summed E-state index contributed by atoms with van der Waals surface area (Å²) < 4.78 is 16.2. The number of nitrogens with one attached hydrogen (secondary N) is 1. The summed E-state index contributed by atoms with van der Waals surface area (Å²) in [5.74, 6) is 0.0246. The Labute approximate surface area is 180 Å². The van der Waals surface area contributed by atoms with Crippen LogP contribution in [-0.4, -0.2) is 25.0 Å². The summed E-state index contributed by atoms with van der Waals surface area (Å²) in [7, 11) is 0. The molecule has 3 aromatic rings. The van der Waals surface area contributed by atoms with E-state index in [1.165, 1.54) is 12.1 Å². The first-order valence-electron chi connectivity index (χ1n) is 10.1. The number of carbonyl (C=O) groups excluding carboxylic acids is 2. The first kappa shape index (κ1) is 22.1. The van der Waals surface area contributed by atoms with Gasteiger partial charge < -0.3 is 19.2 Å².